The lowest BCUT2D eigenvalue weighted by Crippen LogP contribution is -2.29. The Balaban J connectivity index is 1.74. The molecule has 1 heterocycles. The smallest absolute Gasteiger partial charge is 0.242 e. The predicted octanol–water partition coefficient (Wildman–Crippen LogP) is 2.43. The largest absolute Gasteiger partial charge is 0.265 e. The number of benzene rings is 1. The summed E-state index contributed by atoms with van der Waals surface area (Å²) in [5.41, 5.74) is 3.56. The summed E-state index contributed by atoms with van der Waals surface area (Å²) in [6, 6.07) is 9.38. The van der Waals surface area contributed by atoms with E-state index in [9.17, 15) is 8.42 Å². The molecule has 0 saturated heterocycles. The average molecular weight is 316 g/mol. The number of hydrogen-bond donors (Lipinski definition) is 0. The maximum absolute atomic E-state index is 12.7. The monoisotopic (exact) mass is 316 g/mol. The first-order valence-corrected chi connectivity index (χ1v) is 8.98. The SMILES string of the molecule is CN(CCc1ccncc1)S(=O)(=O)c1ccc2c(c1)CCC2. The summed E-state index contributed by atoms with van der Waals surface area (Å²) >= 11 is 0. The Hall–Kier alpha value is -1.72. The standard InChI is InChI=1S/C17H20N2O2S/c1-19(12-9-14-7-10-18-11-8-14)22(20,21)17-6-5-15-3-2-4-16(15)13-17/h5-8,10-11,13H,2-4,9,12H2,1H3. The van der Waals surface area contributed by atoms with Gasteiger partial charge in [0.2, 0.25) is 10.0 Å². The third-order valence-electron chi connectivity index (χ3n) is 4.24. The van der Waals surface area contributed by atoms with E-state index in [0.717, 1.165) is 24.8 Å². The van der Waals surface area contributed by atoms with Gasteiger partial charge >= 0.3 is 0 Å². The summed E-state index contributed by atoms with van der Waals surface area (Å²) in [4.78, 5) is 4.38. The Bertz CT molecular complexity index is 757. The highest BCUT2D eigenvalue weighted by Gasteiger charge is 2.22. The fourth-order valence-electron chi connectivity index (χ4n) is 2.84. The molecular weight excluding hydrogens is 296 g/mol. The van der Waals surface area contributed by atoms with E-state index in [4.69, 9.17) is 0 Å². The molecule has 0 N–H and O–H groups in total. The Morgan fingerprint density at radius 3 is 2.59 bits per heavy atom. The second-order valence-corrected chi connectivity index (χ2v) is 7.76. The molecule has 22 heavy (non-hydrogen) atoms. The summed E-state index contributed by atoms with van der Waals surface area (Å²) in [5, 5.41) is 0. The number of sulfonamides is 1. The van der Waals surface area contributed by atoms with E-state index in [0.29, 0.717) is 17.9 Å². The Kier molecular flexibility index (Phi) is 4.27. The van der Waals surface area contributed by atoms with Gasteiger partial charge in [-0.3, -0.25) is 4.98 Å². The highest BCUT2D eigenvalue weighted by molar-refractivity contribution is 7.89. The van der Waals surface area contributed by atoms with Gasteiger partial charge in [-0.15, -0.1) is 0 Å². The van der Waals surface area contributed by atoms with Gasteiger partial charge in [0.05, 0.1) is 4.90 Å². The topological polar surface area (TPSA) is 50.3 Å². The predicted molar refractivity (Wildman–Crippen MR) is 86.2 cm³/mol. The summed E-state index contributed by atoms with van der Waals surface area (Å²) in [7, 11) is -1.77. The number of nitrogens with zero attached hydrogens (tertiary/aromatic N) is 2. The van der Waals surface area contributed by atoms with Crippen LogP contribution in [0.5, 0.6) is 0 Å². The second-order valence-electron chi connectivity index (χ2n) is 5.72. The molecule has 0 aliphatic heterocycles. The van der Waals surface area contributed by atoms with Gasteiger partial charge in [0.1, 0.15) is 0 Å². The van der Waals surface area contributed by atoms with E-state index in [1.165, 1.54) is 15.4 Å². The van der Waals surface area contributed by atoms with Gasteiger partial charge in [0, 0.05) is 26.0 Å². The second kappa shape index (κ2) is 6.18. The fraction of sp³-hybridized carbons (Fsp3) is 0.353. The first-order valence-electron chi connectivity index (χ1n) is 7.54. The van der Waals surface area contributed by atoms with Gasteiger partial charge in [0.25, 0.3) is 0 Å². The van der Waals surface area contributed by atoms with Crippen molar-refractivity contribution in [2.75, 3.05) is 13.6 Å². The number of rotatable bonds is 5. The third-order valence-corrected chi connectivity index (χ3v) is 6.10. The van der Waals surface area contributed by atoms with Crippen molar-refractivity contribution >= 4 is 10.0 Å². The van der Waals surface area contributed by atoms with Crippen molar-refractivity contribution < 1.29 is 8.42 Å². The minimum absolute atomic E-state index is 0.408. The van der Waals surface area contributed by atoms with E-state index in [1.54, 1.807) is 25.5 Å². The molecule has 1 aromatic carbocycles. The lowest BCUT2D eigenvalue weighted by Gasteiger charge is -2.18. The Labute approximate surface area is 131 Å². The van der Waals surface area contributed by atoms with Crippen LogP contribution >= 0.6 is 0 Å². The van der Waals surface area contributed by atoms with Gasteiger partial charge in [-0.1, -0.05) is 6.07 Å². The maximum atomic E-state index is 12.7. The van der Waals surface area contributed by atoms with Crippen LogP contribution < -0.4 is 0 Å². The van der Waals surface area contributed by atoms with Crippen molar-refractivity contribution in [2.24, 2.45) is 0 Å². The van der Waals surface area contributed by atoms with E-state index in [1.807, 2.05) is 24.3 Å². The molecular formula is C17H20N2O2S. The van der Waals surface area contributed by atoms with Gasteiger partial charge in [-0.2, -0.15) is 0 Å². The normalized spacial score (nSPS) is 14.3. The molecule has 0 unspecified atom stereocenters. The first kappa shape index (κ1) is 15.2. The lowest BCUT2D eigenvalue weighted by atomic mass is 10.1. The molecule has 1 aliphatic rings. The Morgan fingerprint density at radius 2 is 1.82 bits per heavy atom. The van der Waals surface area contributed by atoms with Crippen LogP contribution in [0.3, 0.4) is 0 Å². The molecule has 0 fully saturated rings. The number of fused-ring (bicyclic) bond motifs is 1. The minimum atomic E-state index is -3.41. The molecule has 3 rings (SSSR count). The summed E-state index contributed by atoms with van der Waals surface area (Å²) in [5.74, 6) is 0. The summed E-state index contributed by atoms with van der Waals surface area (Å²) in [6.45, 7) is 0.462. The molecule has 1 aromatic heterocycles. The van der Waals surface area contributed by atoms with E-state index < -0.39 is 10.0 Å². The van der Waals surface area contributed by atoms with Crippen LogP contribution in [0.2, 0.25) is 0 Å². The van der Waals surface area contributed by atoms with Crippen LogP contribution in [-0.4, -0.2) is 31.3 Å². The highest BCUT2D eigenvalue weighted by atomic mass is 32.2. The molecule has 0 radical (unpaired) electrons. The first-order chi connectivity index (χ1) is 10.6. The van der Waals surface area contributed by atoms with Crippen LogP contribution in [-0.2, 0) is 29.3 Å². The average Bonchev–Trinajstić information content (AvgIpc) is 3.01. The zero-order valence-electron chi connectivity index (χ0n) is 12.7. The highest BCUT2D eigenvalue weighted by Crippen LogP contribution is 2.26. The zero-order valence-corrected chi connectivity index (χ0v) is 13.5. The van der Waals surface area contributed by atoms with Gasteiger partial charge in [-0.25, -0.2) is 12.7 Å². The van der Waals surface area contributed by atoms with Gasteiger partial charge in [-0.05, 0) is 66.6 Å². The number of likely N-dealkylation sites (N-methyl/N-ethyl adjacent to an activating group) is 1. The van der Waals surface area contributed by atoms with Crippen LogP contribution in [0.15, 0.2) is 47.6 Å². The summed E-state index contributed by atoms with van der Waals surface area (Å²) < 4.78 is 26.8. The number of pyridine rings is 1. The van der Waals surface area contributed by atoms with Crippen LogP contribution in [0.4, 0.5) is 0 Å². The quantitative estimate of drug-likeness (QED) is 0.851. The zero-order chi connectivity index (χ0) is 15.6. The lowest BCUT2D eigenvalue weighted by molar-refractivity contribution is 0.472. The van der Waals surface area contributed by atoms with Crippen molar-refractivity contribution in [1.82, 2.24) is 9.29 Å². The van der Waals surface area contributed by atoms with E-state index >= 15 is 0 Å². The van der Waals surface area contributed by atoms with Crippen molar-refractivity contribution in [3.8, 4) is 0 Å². The van der Waals surface area contributed by atoms with E-state index in [-0.39, 0.29) is 0 Å². The van der Waals surface area contributed by atoms with Crippen LogP contribution in [0.25, 0.3) is 0 Å². The molecule has 5 heteroatoms. The van der Waals surface area contributed by atoms with Crippen molar-refractivity contribution in [3.63, 3.8) is 0 Å². The van der Waals surface area contributed by atoms with Gasteiger partial charge < -0.3 is 0 Å². The number of aromatic nitrogens is 1. The van der Waals surface area contributed by atoms with E-state index in [2.05, 4.69) is 4.98 Å². The molecule has 0 amide bonds. The number of hydrogen-bond acceptors (Lipinski definition) is 3. The minimum Gasteiger partial charge on any atom is -0.265 e. The van der Waals surface area contributed by atoms with Crippen molar-refractivity contribution in [1.29, 1.82) is 0 Å². The Morgan fingerprint density at radius 1 is 1.09 bits per heavy atom. The number of aryl methyl sites for hydroxylation is 2. The van der Waals surface area contributed by atoms with Crippen LogP contribution in [0.1, 0.15) is 23.1 Å². The van der Waals surface area contributed by atoms with Crippen molar-refractivity contribution in [2.45, 2.75) is 30.6 Å². The molecule has 2 aromatic rings. The molecule has 0 spiro atoms. The molecule has 0 saturated carbocycles. The maximum Gasteiger partial charge on any atom is 0.242 e. The van der Waals surface area contributed by atoms with Crippen LogP contribution in [0, 0.1) is 0 Å². The molecule has 0 atom stereocenters. The fourth-order valence-corrected chi connectivity index (χ4v) is 4.07. The molecule has 116 valence electrons. The third kappa shape index (κ3) is 3.05. The molecule has 4 nitrogen and oxygen atoms in total. The van der Waals surface area contributed by atoms with Gasteiger partial charge in [0.15, 0.2) is 0 Å². The molecule has 1 aliphatic carbocycles. The summed E-state index contributed by atoms with van der Waals surface area (Å²) in [6.07, 6.45) is 7.31. The molecule has 0 bridgehead atoms. The van der Waals surface area contributed by atoms with Crippen molar-refractivity contribution in [3.05, 3.63) is 59.4 Å².